The van der Waals surface area contributed by atoms with Crippen LogP contribution in [0.25, 0.3) is 5.76 Å². The fraction of sp³-hybridized carbons (Fsp3) is 0.389. The second-order valence-corrected chi connectivity index (χ2v) is 6.76. The Balaban J connectivity index is 2.14. The fourth-order valence-electron chi connectivity index (χ4n) is 3.44. The average molecular weight is 364 g/mol. The van der Waals surface area contributed by atoms with Gasteiger partial charge in [-0.25, -0.2) is 0 Å². The van der Waals surface area contributed by atoms with Gasteiger partial charge in [0.15, 0.2) is 5.78 Å². The Bertz CT molecular complexity index is 793. The number of amides is 1. The van der Waals surface area contributed by atoms with Gasteiger partial charge >= 0.3 is 0 Å². The molecule has 0 aromatic heterocycles. The van der Waals surface area contributed by atoms with Crippen LogP contribution in [0.1, 0.15) is 30.9 Å². The van der Waals surface area contributed by atoms with Gasteiger partial charge in [-0.3, -0.25) is 14.4 Å². The van der Waals surface area contributed by atoms with Crippen molar-refractivity contribution in [2.24, 2.45) is 0 Å². The molecule has 0 atom stereocenters. The molecule has 1 aromatic rings. The number of carbonyl (C=O) groups is 3. The number of halogens is 1. The van der Waals surface area contributed by atoms with E-state index in [0.717, 1.165) is 0 Å². The van der Waals surface area contributed by atoms with Crippen LogP contribution >= 0.6 is 11.6 Å². The molecule has 0 bridgehead atoms. The van der Waals surface area contributed by atoms with E-state index in [2.05, 4.69) is 5.32 Å². The summed E-state index contributed by atoms with van der Waals surface area (Å²) in [6.07, 6.45) is 0.798. The minimum Gasteiger partial charge on any atom is -0.506 e. The minimum absolute atomic E-state index is 0.202. The van der Waals surface area contributed by atoms with E-state index in [1.54, 1.807) is 18.2 Å². The molecule has 132 valence electrons. The Morgan fingerprint density at radius 1 is 1.32 bits per heavy atom. The number of fused-ring (bicyclic) bond motifs is 2. The van der Waals surface area contributed by atoms with Crippen LogP contribution in [0.4, 0.5) is 0 Å². The molecule has 3 rings (SSSR count). The van der Waals surface area contributed by atoms with Crippen molar-refractivity contribution in [2.45, 2.75) is 25.2 Å². The van der Waals surface area contributed by atoms with Gasteiger partial charge in [0.25, 0.3) is 5.91 Å². The summed E-state index contributed by atoms with van der Waals surface area (Å²) in [5.74, 6) is -1.83. The van der Waals surface area contributed by atoms with E-state index in [1.807, 2.05) is 0 Å². The molecular formula is C18H18ClNO5. The monoisotopic (exact) mass is 363 g/mol. The van der Waals surface area contributed by atoms with Gasteiger partial charge in [0.1, 0.15) is 17.1 Å². The number of ketones is 2. The van der Waals surface area contributed by atoms with E-state index in [-0.39, 0.29) is 23.7 Å². The first-order chi connectivity index (χ1) is 11.9. The van der Waals surface area contributed by atoms with Crippen LogP contribution in [-0.2, 0) is 24.5 Å². The summed E-state index contributed by atoms with van der Waals surface area (Å²) in [6.45, 7) is 1.88. The molecule has 1 fully saturated rings. The summed E-state index contributed by atoms with van der Waals surface area (Å²) in [5, 5.41) is 13.4. The average Bonchev–Trinajstić information content (AvgIpc) is 2.59. The van der Waals surface area contributed by atoms with Gasteiger partial charge in [0.05, 0.1) is 12.0 Å². The van der Waals surface area contributed by atoms with Crippen LogP contribution in [0.15, 0.2) is 23.8 Å². The molecule has 2 N–H and O–H groups in total. The second-order valence-electron chi connectivity index (χ2n) is 6.32. The summed E-state index contributed by atoms with van der Waals surface area (Å²) in [7, 11) is 0. The number of benzene rings is 1. The van der Waals surface area contributed by atoms with Gasteiger partial charge in [-0.05, 0) is 43.5 Å². The van der Waals surface area contributed by atoms with Crippen molar-refractivity contribution < 1.29 is 24.2 Å². The highest BCUT2D eigenvalue weighted by Gasteiger charge is 2.50. The van der Waals surface area contributed by atoms with Crippen LogP contribution in [0.3, 0.4) is 0 Å². The van der Waals surface area contributed by atoms with Gasteiger partial charge in [-0.1, -0.05) is 11.6 Å². The lowest BCUT2D eigenvalue weighted by atomic mass is 9.64. The number of carbonyl (C=O) groups excluding carboxylic acids is 3. The Morgan fingerprint density at radius 3 is 2.64 bits per heavy atom. The number of hydrogen-bond donors (Lipinski definition) is 2. The van der Waals surface area contributed by atoms with E-state index in [1.165, 1.54) is 6.92 Å². The van der Waals surface area contributed by atoms with Crippen LogP contribution in [0.5, 0.6) is 0 Å². The van der Waals surface area contributed by atoms with Crippen molar-refractivity contribution in [1.29, 1.82) is 0 Å². The first-order valence-corrected chi connectivity index (χ1v) is 8.38. The number of aliphatic hydroxyl groups excluding tert-OH is 1. The summed E-state index contributed by atoms with van der Waals surface area (Å²) in [4.78, 5) is 36.8. The van der Waals surface area contributed by atoms with Crippen molar-refractivity contribution in [3.8, 4) is 0 Å². The lowest BCUT2D eigenvalue weighted by Crippen LogP contribution is -2.48. The largest absolute Gasteiger partial charge is 0.506 e. The number of nitrogens with one attached hydrogen (secondary N) is 1. The first kappa shape index (κ1) is 17.6. The van der Waals surface area contributed by atoms with Gasteiger partial charge in [0.2, 0.25) is 0 Å². The number of aliphatic hydroxyl groups is 1. The maximum absolute atomic E-state index is 13.2. The number of rotatable bonds is 3. The van der Waals surface area contributed by atoms with Gasteiger partial charge in [0, 0.05) is 23.8 Å². The van der Waals surface area contributed by atoms with Crippen LogP contribution < -0.4 is 5.32 Å². The van der Waals surface area contributed by atoms with Crippen LogP contribution in [-0.4, -0.2) is 42.3 Å². The maximum Gasteiger partial charge on any atom is 0.259 e. The van der Waals surface area contributed by atoms with Crippen molar-refractivity contribution in [3.05, 3.63) is 39.9 Å². The van der Waals surface area contributed by atoms with E-state index < -0.39 is 17.1 Å². The third kappa shape index (κ3) is 2.96. The van der Waals surface area contributed by atoms with E-state index >= 15 is 0 Å². The van der Waals surface area contributed by atoms with E-state index in [0.29, 0.717) is 42.2 Å². The third-order valence-electron chi connectivity index (χ3n) is 4.72. The zero-order valence-electron chi connectivity index (χ0n) is 13.7. The zero-order valence-corrected chi connectivity index (χ0v) is 14.5. The molecule has 1 amide bonds. The molecule has 2 aliphatic rings. The smallest absolute Gasteiger partial charge is 0.259 e. The summed E-state index contributed by atoms with van der Waals surface area (Å²) >= 11 is 6.10. The normalized spacial score (nSPS) is 18.9. The molecule has 1 aromatic carbocycles. The summed E-state index contributed by atoms with van der Waals surface area (Å²) < 4.78 is 5.38. The van der Waals surface area contributed by atoms with Crippen molar-refractivity contribution in [3.63, 3.8) is 0 Å². The topological polar surface area (TPSA) is 92.7 Å². The number of ether oxygens (including phenoxy) is 1. The van der Waals surface area contributed by atoms with Gasteiger partial charge in [-0.15, -0.1) is 0 Å². The number of Topliss-reactive ketones (excluding diaryl/α,β-unsaturated/α-hetero) is 2. The standard InChI is InChI=1S/C18H18ClNO5/c1-10(21)9-20-17(24)14-15(22)12-3-2-11(19)8-13(12)18(16(14)23)4-6-25-7-5-18/h2-3,8,22H,4-7,9H2,1H3,(H,20,24). The maximum atomic E-state index is 13.2. The highest BCUT2D eigenvalue weighted by atomic mass is 35.5. The molecule has 1 aliphatic heterocycles. The lowest BCUT2D eigenvalue weighted by molar-refractivity contribution is -0.129. The molecule has 25 heavy (non-hydrogen) atoms. The Kier molecular flexibility index (Phi) is 4.67. The predicted molar refractivity (Wildman–Crippen MR) is 91.4 cm³/mol. The molecule has 0 saturated carbocycles. The highest BCUT2D eigenvalue weighted by Crippen LogP contribution is 2.46. The quantitative estimate of drug-likeness (QED) is 0.801. The van der Waals surface area contributed by atoms with Crippen LogP contribution in [0, 0.1) is 0 Å². The predicted octanol–water partition coefficient (Wildman–Crippen LogP) is 1.95. The third-order valence-corrected chi connectivity index (χ3v) is 4.96. The Labute approximate surface area is 149 Å². The van der Waals surface area contributed by atoms with Gasteiger partial charge < -0.3 is 15.2 Å². The van der Waals surface area contributed by atoms with Crippen molar-refractivity contribution in [2.75, 3.05) is 19.8 Å². The van der Waals surface area contributed by atoms with Crippen molar-refractivity contribution in [1.82, 2.24) is 5.32 Å². The molecule has 1 saturated heterocycles. The highest BCUT2D eigenvalue weighted by molar-refractivity contribution is 6.32. The van der Waals surface area contributed by atoms with E-state index in [9.17, 15) is 19.5 Å². The Morgan fingerprint density at radius 2 is 2.00 bits per heavy atom. The van der Waals surface area contributed by atoms with Crippen LogP contribution in [0.2, 0.25) is 5.02 Å². The molecule has 7 heteroatoms. The van der Waals surface area contributed by atoms with E-state index in [4.69, 9.17) is 16.3 Å². The van der Waals surface area contributed by atoms with Gasteiger partial charge in [-0.2, -0.15) is 0 Å². The summed E-state index contributed by atoms with van der Waals surface area (Å²) in [6, 6.07) is 4.88. The molecule has 1 heterocycles. The molecule has 1 aliphatic carbocycles. The number of hydrogen-bond acceptors (Lipinski definition) is 5. The summed E-state index contributed by atoms with van der Waals surface area (Å²) in [5.41, 5.74) is -0.223. The second kappa shape index (κ2) is 6.61. The minimum atomic E-state index is -0.951. The molecule has 0 unspecified atom stereocenters. The molecule has 6 nitrogen and oxygen atoms in total. The van der Waals surface area contributed by atoms with Crippen molar-refractivity contribution >= 4 is 34.8 Å². The SMILES string of the molecule is CC(=O)CNC(=O)C1=C(O)c2ccc(Cl)cc2C2(CCOCC2)C1=O. The molecule has 0 radical (unpaired) electrons. The first-order valence-electron chi connectivity index (χ1n) is 8.00. The Hall–Kier alpha value is -2.18. The fourth-order valence-corrected chi connectivity index (χ4v) is 3.61. The molecule has 1 spiro atoms. The molecular weight excluding hydrogens is 346 g/mol. The lowest BCUT2D eigenvalue weighted by Gasteiger charge is -2.40. The zero-order chi connectivity index (χ0) is 18.2.